The highest BCUT2D eigenvalue weighted by atomic mass is 16.6. The Labute approximate surface area is 154 Å². The van der Waals surface area contributed by atoms with E-state index in [2.05, 4.69) is 15.5 Å². The number of amides is 1. The third-order valence-electron chi connectivity index (χ3n) is 3.77. The number of nitrogens with zero attached hydrogens (tertiary/aromatic N) is 4. The van der Waals surface area contributed by atoms with Crippen LogP contribution >= 0.6 is 0 Å². The van der Waals surface area contributed by atoms with E-state index in [1.807, 2.05) is 6.07 Å². The Morgan fingerprint density at radius 1 is 1.26 bits per heavy atom. The molecule has 9 heteroatoms. The van der Waals surface area contributed by atoms with E-state index in [4.69, 9.17) is 4.52 Å². The Hall–Kier alpha value is -3.75. The van der Waals surface area contributed by atoms with Gasteiger partial charge >= 0.3 is 0 Å². The molecule has 0 fully saturated rings. The molecule has 3 aromatic rings. The van der Waals surface area contributed by atoms with Crippen LogP contribution in [0.3, 0.4) is 0 Å². The number of hydrogen-bond donors (Lipinski definition) is 1. The topological polar surface area (TPSA) is 114 Å². The van der Waals surface area contributed by atoms with Crippen LogP contribution in [0, 0.1) is 17.0 Å². The predicted octanol–water partition coefficient (Wildman–Crippen LogP) is 3.03. The van der Waals surface area contributed by atoms with E-state index >= 15 is 0 Å². The smallest absolute Gasteiger partial charge is 0.295 e. The summed E-state index contributed by atoms with van der Waals surface area (Å²) < 4.78 is 4.90. The number of rotatable bonds is 6. The molecular weight excluding hydrogens is 350 g/mol. The summed E-state index contributed by atoms with van der Waals surface area (Å²) in [4.78, 5) is 29.0. The maximum Gasteiger partial charge on any atom is 0.295 e. The van der Waals surface area contributed by atoms with Gasteiger partial charge < -0.3 is 14.7 Å². The largest absolute Gasteiger partial charge is 0.360 e. The van der Waals surface area contributed by atoms with E-state index in [9.17, 15) is 14.9 Å². The zero-order valence-electron chi connectivity index (χ0n) is 14.7. The number of hydrogen-bond acceptors (Lipinski definition) is 7. The Kier molecular flexibility index (Phi) is 5.11. The minimum absolute atomic E-state index is 0.00898. The van der Waals surface area contributed by atoms with Gasteiger partial charge in [0.15, 0.2) is 11.5 Å². The van der Waals surface area contributed by atoms with Crippen LogP contribution in [-0.2, 0) is 4.79 Å². The van der Waals surface area contributed by atoms with E-state index in [-0.39, 0.29) is 23.8 Å². The molecule has 0 aliphatic carbocycles. The number of carbonyl (C=O) groups is 1. The Bertz CT molecular complexity index is 971. The average molecular weight is 367 g/mol. The number of nitrogens with one attached hydrogen (secondary N) is 1. The van der Waals surface area contributed by atoms with Crippen molar-refractivity contribution in [2.24, 2.45) is 0 Å². The van der Waals surface area contributed by atoms with E-state index in [0.717, 1.165) is 0 Å². The second kappa shape index (κ2) is 7.65. The van der Waals surface area contributed by atoms with Gasteiger partial charge in [-0.3, -0.25) is 14.9 Å². The van der Waals surface area contributed by atoms with E-state index in [1.54, 1.807) is 49.2 Å². The molecule has 0 spiro atoms. The van der Waals surface area contributed by atoms with E-state index < -0.39 is 4.92 Å². The monoisotopic (exact) mass is 367 g/mol. The molecule has 0 bridgehead atoms. The lowest BCUT2D eigenvalue weighted by Gasteiger charge is -2.18. The van der Waals surface area contributed by atoms with Crippen molar-refractivity contribution in [1.29, 1.82) is 0 Å². The lowest BCUT2D eigenvalue weighted by Crippen LogP contribution is -2.30. The maximum atomic E-state index is 12.2. The highest BCUT2D eigenvalue weighted by Crippen LogP contribution is 2.29. The normalized spacial score (nSPS) is 10.4. The molecule has 0 radical (unpaired) electrons. The first-order valence-electron chi connectivity index (χ1n) is 8.09. The molecule has 0 saturated heterocycles. The molecule has 0 aliphatic heterocycles. The maximum absolute atomic E-state index is 12.2. The van der Waals surface area contributed by atoms with E-state index in [1.165, 1.54) is 12.1 Å². The summed E-state index contributed by atoms with van der Waals surface area (Å²) in [7, 11) is 1.68. The molecule has 0 aliphatic rings. The molecule has 9 nitrogen and oxygen atoms in total. The summed E-state index contributed by atoms with van der Waals surface area (Å²) in [5, 5.41) is 17.7. The summed E-state index contributed by atoms with van der Waals surface area (Å²) in [5.41, 5.74) is 0.778. The summed E-state index contributed by atoms with van der Waals surface area (Å²) in [6.07, 6.45) is 0. The van der Waals surface area contributed by atoms with E-state index in [0.29, 0.717) is 23.0 Å². The number of benzene rings is 1. The summed E-state index contributed by atoms with van der Waals surface area (Å²) in [6, 6.07) is 13.4. The molecule has 1 amide bonds. The fourth-order valence-electron chi connectivity index (χ4n) is 2.51. The number of pyridine rings is 1. The van der Waals surface area contributed by atoms with Crippen molar-refractivity contribution < 1.29 is 14.2 Å². The number of anilines is 2. The van der Waals surface area contributed by atoms with Crippen LogP contribution in [0.15, 0.2) is 53.1 Å². The van der Waals surface area contributed by atoms with Crippen molar-refractivity contribution in [2.75, 3.05) is 23.8 Å². The number of nitro groups is 1. The standard InChI is InChI=1S/C18H17N5O4/c1-12-10-15(21-27-12)19-17(24)11-22(2)16-9-8-14(23(25)26)18(20-16)13-6-4-3-5-7-13/h3-10H,11H2,1-2H3,(H,19,21,24). The van der Waals surface area contributed by atoms with Crippen LogP contribution < -0.4 is 10.2 Å². The first kappa shape index (κ1) is 18.1. The molecule has 27 heavy (non-hydrogen) atoms. The van der Waals surface area contributed by atoms with Crippen LogP contribution in [-0.4, -0.2) is 34.6 Å². The lowest BCUT2D eigenvalue weighted by atomic mass is 10.1. The minimum Gasteiger partial charge on any atom is -0.360 e. The van der Waals surface area contributed by atoms with Crippen molar-refractivity contribution in [3.05, 3.63) is 64.4 Å². The van der Waals surface area contributed by atoms with Crippen molar-refractivity contribution in [3.63, 3.8) is 0 Å². The van der Waals surface area contributed by atoms with Crippen LogP contribution in [0.2, 0.25) is 0 Å². The number of aryl methyl sites for hydroxylation is 1. The van der Waals surface area contributed by atoms with Gasteiger partial charge in [0, 0.05) is 24.7 Å². The van der Waals surface area contributed by atoms with Gasteiger partial charge in [-0.1, -0.05) is 35.5 Å². The third kappa shape index (κ3) is 4.27. The molecule has 0 saturated carbocycles. The van der Waals surface area contributed by atoms with Gasteiger partial charge in [0.2, 0.25) is 5.91 Å². The molecule has 0 atom stereocenters. The number of likely N-dealkylation sites (N-methyl/N-ethyl adjacent to an activating group) is 1. The van der Waals surface area contributed by atoms with Crippen LogP contribution in [0.1, 0.15) is 5.76 Å². The third-order valence-corrected chi connectivity index (χ3v) is 3.77. The average Bonchev–Trinajstić information content (AvgIpc) is 3.06. The number of carbonyl (C=O) groups excluding carboxylic acids is 1. The van der Waals surface area contributed by atoms with Gasteiger partial charge in [0.25, 0.3) is 5.69 Å². The fourth-order valence-corrected chi connectivity index (χ4v) is 2.51. The van der Waals surface area contributed by atoms with Gasteiger partial charge in [-0.05, 0) is 13.0 Å². The fraction of sp³-hybridized carbons (Fsp3) is 0.167. The zero-order valence-corrected chi connectivity index (χ0v) is 14.7. The molecule has 0 unspecified atom stereocenters. The highest BCUT2D eigenvalue weighted by Gasteiger charge is 2.19. The van der Waals surface area contributed by atoms with Crippen molar-refractivity contribution >= 4 is 23.2 Å². The molecule has 2 heterocycles. The Morgan fingerprint density at radius 2 is 2.00 bits per heavy atom. The first-order valence-corrected chi connectivity index (χ1v) is 8.09. The molecule has 2 aromatic heterocycles. The highest BCUT2D eigenvalue weighted by molar-refractivity contribution is 5.93. The van der Waals surface area contributed by atoms with Crippen LogP contribution in [0.5, 0.6) is 0 Å². The molecule has 3 rings (SSSR count). The molecular formula is C18H17N5O4. The molecule has 1 aromatic carbocycles. The van der Waals surface area contributed by atoms with Crippen molar-refractivity contribution in [2.45, 2.75) is 6.92 Å². The van der Waals surface area contributed by atoms with Crippen molar-refractivity contribution in [3.8, 4) is 11.3 Å². The quantitative estimate of drug-likeness (QED) is 0.526. The Morgan fingerprint density at radius 3 is 2.63 bits per heavy atom. The summed E-state index contributed by atoms with van der Waals surface area (Å²) in [5.74, 6) is 1.04. The van der Waals surface area contributed by atoms with Crippen LogP contribution in [0.25, 0.3) is 11.3 Å². The molecule has 138 valence electrons. The van der Waals surface area contributed by atoms with Gasteiger partial charge in [-0.2, -0.15) is 0 Å². The zero-order chi connectivity index (χ0) is 19.4. The second-order valence-electron chi connectivity index (χ2n) is 5.89. The van der Waals surface area contributed by atoms with Gasteiger partial charge in [0.05, 0.1) is 11.5 Å². The number of aromatic nitrogens is 2. The van der Waals surface area contributed by atoms with Crippen molar-refractivity contribution in [1.82, 2.24) is 10.1 Å². The lowest BCUT2D eigenvalue weighted by molar-refractivity contribution is -0.384. The van der Waals surface area contributed by atoms with Gasteiger partial charge in [-0.25, -0.2) is 4.98 Å². The summed E-state index contributed by atoms with van der Waals surface area (Å²) in [6.45, 7) is 1.71. The Balaban J connectivity index is 1.81. The summed E-state index contributed by atoms with van der Waals surface area (Å²) >= 11 is 0. The predicted molar refractivity (Wildman–Crippen MR) is 99.5 cm³/mol. The van der Waals surface area contributed by atoms with Gasteiger partial charge in [0.1, 0.15) is 11.6 Å². The van der Waals surface area contributed by atoms with Crippen LogP contribution in [0.4, 0.5) is 17.3 Å². The first-order chi connectivity index (χ1) is 12.9. The minimum atomic E-state index is -0.473. The SMILES string of the molecule is Cc1cc(NC(=O)CN(C)c2ccc([N+](=O)[O-])c(-c3ccccc3)n2)no1. The second-order valence-corrected chi connectivity index (χ2v) is 5.89. The van der Waals surface area contributed by atoms with Gasteiger partial charge in [-0.15, -0.1) is 0 Å². The molecule has 1 N–H and O–H groups in total.